The van der Waals surface area contributed by atoms with Crippen molar-refractivity contribution < 1.29 is 14.6 Å². The van der Waals surface area contributed by atoms with Gasteiger partial charge in [0.05, 0.1) is 24.5 Å². The molecule has 2 atom stereocenters. The number of hydrogen-bond acceptors (Lipinski definition) is 6. The van der Waals surface area contributed by atoms with Crippen molar-refractivity contribution >= 4 is 51.4 Å². The van der Waals surface area contributed by atoms with Crippen LogP contribution in [0.2, 0.25) is 0 Å². The highest BCUT2D eigenvalue weighted by Crippen LogP contribution is 2.47. The number of carbonyl (C=O) groups is 1. The number of phenolic OH excluding ortho intramolecular Hbond substituents is 1. The minimum absolute atomic E-state index is 0.0303. The van der Waals surface area contributed by atoms with Crippen molar-refractivity contribution in [3.8, 4) is 5.75 Å². The summed E-state index contributed by atoms with van der Waals surface area (Å²) in [5, 5.41) is 12.6. The van der Waals surface area contributed by atoms with Gasteiger partial charge in [-0.3, -0.25) is 9.79 Å². The van der Waals surface area contributed by atoms with Crippen molar-refractivity contribution in [2.24, 2.45) is 4.99 Å². The number of nitrogens with two attached hydrogens (primary N) is 1. The molecule has 3 N–H and O–H groups in total. The van der Waals surface area contributed by atoms with Gasteiger partial charge in [-0.15, -0.1) is 11.6 Å². The number of unbranched alkanes of at least 4 members (excludes halogenated alkanes) is 1. The number of ether oxygens (including phenoxy) is 1. The normalized spacial score (nSPS) is 19.3. The molecule has 0 spiro atoms. The summed E-state index contributed by atoms with van der Waals surface area (Å²) in [6.45, 7) is 5.36. The highest BCUT2D eigenvalue weighted by molar-refractivity contribution is 6.19. The van der Waals surface area contributed by atoms with Crippen LogP contribution < -0.4 is 10.6 Å². The lowest BCUT2D eigenvalue weighted by molar-refractivity contribution is -0.118. The minimum Gasteiger partial charge on any atom is -0.507 e. The number of aryl methyl sites for hydroxylation is 1. The Bertz CT molecular complexity index is 1740. The van der Waals surface area contributed by atoms with Gasteiger partial charge in [-0.05, 0) is 72.9 Å². The Morgan fingerprint density at radius 2 is 2.00 bits per heavy atom. The molecule has 6 rings (SSSR count). The number of halogens is 1. The van der Waals surface area contributed by atoms with E-state index in [0.29, 0.717) is 18.8 Å². The SMILES string of the molecule is CCN=C[C@@H]1CC(c2ccc(N)cc2)=CN1C1=CC(OC)=C1CCCCC(=O)N1C[C@@H](CCl)c2c1cc(O)c1cccc(C)c21. The smallest absolute Gasteiger partial charge is 0.227 e. The number of allylic oxidation sites excluding steroid dienone is 2. The predicted octanol–water partition coefficient (Wildman–Crippen LogP) is 7.67. The molecule has 45 heavy (non-hydrogen) atoms. The average molecular weight is 625 g/mol. The average Bonchev–Trinajstić information content (AvgIpc) is 3.61. The first kappa shape index (κ1) is 30.8. The molecular weight excluding hydrogens is 584 g/mol. The number of aliphatic imine (C=N–C) groups is 1. The largest absolute Gasteiger partial charge is 0.507 e. The van der Waals surface area contributed by atoms with Crippen LogP contribution in [0.4, 0.5) is 11.4 Å². The number of alkyl halides is 1. The summed E-state index contributed by atoms with van der Waals surface area (Å²) in [4.78, 5) is 22.3. The minimum atomic E-state index is 0.0303. The number of anilines is 2. The van der Waals surface area contributed by atoms with Crippen LogP contribution in [0.15, 0.2) is 82.8 Å². The quantitative estimate of drug-likeness (QED) is 0.0989. The highest BCUT2D eigenvalue weighted by atomic mass is 35.5. The summed E-state index contributed by atoms with van der Waals surface area (Å²) in [6.07, 6.45) is 10.1. The zero-order chi connectivity index (χ0) is 31.7. The maximum Gasteiger partial charge on any atom is 0.227 e. The summed E-state index contributed by atoms with van der Waals surface area (Å²) in [6, 6.07) is 15.8. The predicted molar refractivity (Wildman–Crippen MR) is 185 cm³/mol. The van der Waals surface area contributed by atoms with Crippen LogP contribution in [0, 0.1) is 6.92 Å². The van der Waals surface area contributed by atoms with Gasteiger partial charge in [0.1, 0.15) is 11.5 Å². The van der Waals surface area contributed by atoms with Crippen LogP contribution in [-0.2, 0) is 9.53 Å². The Hall–Kier alpha value is -4.23. The standard InChI is InChI=1S/C37H41ClN4O3/c1-4-40-20-28-16-25(24-12-14-27(39)15-13-24)21-41(28)31-18-34(45-3)29(31)9-5-6-11-35(44)42-22-26(19-38)37-32(42)17-33(43)30-10-7-8-23(2)36(30)37/h7-8,10,12-15,17-18,20-21,26,28,43H,4-6,9,11,16,19,22,39H2,1-3H3/t26-,28+/m1/s1. The van der Waals surface area contributed by atoms with E-state index in [1.54, 1.807) is 13.2 Å². The molecule has 0 unspecified atom stereocenters. The molecule has 8 heteroatoms. The molecule has 1 aliphatic carbocycles. The number of methoxy groups -OCH3 is 1. The van der Waals surface area contributed by atoms with E-state index in [1.807, 2.05) is 55.3 Å². The summed E-state index contributed by atoms with van der Waals surface area (Å²) in [5.41, 5.74) is 14.3. The number of carbonyl (C=O) groups excluding carboxylic acids is 1. The number of nitrogens with zero attached hydrogens (tertiary/aromatic N) is 3. The van der Waals surface area contributed by atoms with Gasteiger partial charge in [-0.1, -0.05) is 30.3 Å². The summed E-state index contributed by atoms with van der Waals surface area (Å²) < 4.78 is 5.71. The van der Waals surface area contributed by atoms with Gasteiger partial charge >= 0.3 is 0 Å². The molecule has 3 aliphatic rings. The first-order chi connectivity index (χ1) is 21.8. The molecule has 0 radical (unpaired) electrons. The van der Waals surface area contributed by atoms with Crippen LogP contribution in [0.1, 0.15) is 61.6 Å². The van der Waals surface area contributed by atoms with E-state index < -0.39 is 0 Å². The van der Waals surface area contributed by atoms with Crippen molar-refractivity contribution in [1.82, 2.24) is 4.90 Å². The number of phenols is 1. The van der Waals surface area contributed by atoms with Gasteiger partial charge in [0.2, 0.25) is 5.91 Å². The number of hydrogen-bond donors (Lipinski definition) is 2. The van der Waals surface area contributed by atoms with E-state index in [9.17, 15) is 9.90 Å². The molecule has 234 valence electrons. The topological polar surface area (TPSA) is 91.4 Å². The number of aromatic hydroxyl groups is 1. The summed E-state index contributed by atoms with van der Waals surface area (Å²) in [5.74, 6) is 1.61. The van der Waals surface area contributed by atoms with Gasteiger partial charge in [0.25, 0.3) is 0 Å². The Morgan fingerprint density at radius 1 is 1.20 bits per heavy atom. The van der Waals surface area contributed by atoms with E-state index >= 15 is 0 Å². The van der Waals surface area contributed by atoms with Crippen molar-refractivity contribution in [3.63, 3.8) is 0 Å². The van der Waals surface area contributed by atoms with E-state index in [4.69, 9.17) is 22.1 Å². The fourth-order valence-corrected chi connectivity index (χ4v) is 7.17. The summed E-state index contributed by atoms with van der Waals surface area (Å²) in [7, 11) is 1.71. The Kier molecular flexibility index (Phi) is 8.90. The third-order valence-electron chi connectivity index (χ3n) is 9.22. The van der Waals surface area contributed by atoms with Crippen LogP contribution >= 0.6 is 11.6 Å². The lowest BCUT2D eigenvalue weighted by Crippen LogP contribution is -2.31. The zero-order valence-electron chi connectivity index (χ0n) is 26.2. The molecule has 0 bridgehead atoms. The van der Waals surface area contributed by atoms with Crippen LogP contribution in [0.3, 0.4) is 0 Å². The lowest BCUT2D eigenvalue weighted by atomic mass is 9.92. The molecule has 0 fully saturated rings. The first-order valence-corrected chi connectivity index (χ1v) is 16.3. The molecule has 0 aromatic heterocycles. The van der Waals surface area contributed by atoms with E-state index in [0.717, 1.165) is 82.5 Å². The van der Waals surface area contributed by atoms with Crippen molar-refractivity contribution in [3.05, 3.63) is 94.5 Å². The number of nitrogen functional groups attached to an aromatic ring is 1. The molecule has 7 nitrogen and oxygen atoms in total. The van der Waals surface area contributed by atoms with Gasteiger partial charge in [-0.25, -0.2) is 0 Å². The van der Waals surface area contributed by atoms with Crippen molar-refractivity contribution in [2.75, 3.05) is 36.7 Å². The van der Waals surface area contributed by atoms with Gasteiger partial charge < -0.3 is 25.4 Å². The molecule has 1 amide bonds. The number of amides is 1. The summed E-state index contributed by atoms with van der Waals surface area (Å²) >= 11 is 6.42. The maximum absolute atomic E-state index is 13.6. The Labute approximate surface area is 270 Å². The first-order valence-electron chi connectivity index (χ1n) is 15.8. The third kappa shape index (κ3) is 5.82. The Balaban J connectivity index is 1.13. The molecule has 2 heterocycles. The van der Waals surface area contributed by atoms with E-state index in [-0.39, 0.29) is 23.6 Å². The van der Waals surface area contributed by atoms with Gasteiger partial charge in [0, 0.05) is 78.9 Å². The lowest BCUT2D eigenvalue weighted by Gasteiger charge is -2.33. The van der Waals surface area contributed by atoms with Crippen LogP contribution in [0.25, 0.3) is 16.3 Å². The molecular formula is C37H41ClN4O3. The number of rotatable bonds is 11. The molecule has 2 aliphatic heterocycles. The molecule has 0 saturated carbocycles. The highest BCUT2D eigenvalue weighted by Gasteiger charge is 2.35. The third-order valence-corrected chi connectivity index (χ3v) is 9.59. The van der Waals surface area contributed by atoms with Gasteiger partial charge in [0.15, 0.2) is 0 Å². The molecule has 3 aromatic rings. The monoisotopic (exact) mass is 624 g/mol. The molecule has 0 saturated heterocycles. The van der Waals surface area contributed by atoms with Crippen LogP contribution in [0.5, 0.6) is 5.75 Å². The second-order valence-electron chi connectivity index (χ2n) is 12.1. The van der Waals surface area contributed by atoms with E-state index in [2.05, 4.69) is 34.3 Å². The van der Waals surface area contributed by atoms with Crippen molar-refractivity contribution in [2.45, 2.75) is 57.9 Å². The fraction of sp³-hybridized carbons (Fsp3) is 0.351. The van der Waals surface area contributed by atoms with E-state index in [1.165, 1.54) is 11.1 Å². The maximum atomic E-state index is 13.6. The second kappa shape index (κ2) is 13.0. The van der Waals surface area contributed by atoms with Gasteiger partial charge in [-0.2, -0.15) is 0 Å². The number of benzene rings is 3. The second-order valence-corrected chi connectivity index (χ2v) is 12.4. The van der Waals surface area contributed by atoms with Crippen molar-refractivity contribution in [1.29, 1.82) is 0 Å². The van der Waals surface area contributed by atoms with Crippen LogP contribution in [-0.4, -0.2) is 54.2 Å². The Morgan fingerprint density at radius 3 is 2.73 bits per heavy atom. The fourth-order valence-electron chi connectivity index (χ4n) is 6.91. The number of fused-ring (bicyclic) bond motifs is 3. The zero-order valence-corrected chi connectivity index (χ0v) is 27.0. The molecule has 3 aromatic carbocycles.